The van der Waals surface area contributed by atoms with Gasteiger partial charge >= 0.3 is 13.8 Å². The third-order valence-electron chi connectivity index (χ3n) is 9.87. The number of allylic oxidation sites excluding steroid dienone is 12. The molecule has 1 amide bonds. The molecule has 2 atom stereocenters. The molecular weight excluding hydrogens is 774 g/mol. The van der Waals surface area contributed by atoms with Crippen LogP contribution < -0.4 is 5.32 Å². The highest BCUT2D eigenvalue weighted by atomic mass is 31.2. The summed E-state index contributed by atoms with van der Waals surface area (Å²) in [6.45, 7) is 3.41. The van der Waals surface area contributed by atoms with E-state index in [2.05, 4.69) is 92.1 Å². The number of hydrogen-bond donors (Lipinski definition) is 3. The number of unbranched alkanes of at least 4 members (excludes halogenated alkanes) is 19. The van der Waals surface area contributed by atoms with Crippen molar-refractivity contribution in [2.75, 3.05) is 26.4 Å². The van der Waals surface area contributed by atoms with Gasteiger partial charge in [-0.1, -0.05) is 177 Å². The van der Waals surface area contributed by atoms with Crippen molar-refractivity contribution < 1.29 is 37.9 Å². The second-order valence-corrected chi connectivity index (χ2v) is 17.1. The van der Waals surface area contributed by atoms with Gasteiger partial charge in [-0.2, -0.15) is 0 Å². The first-order valence-corrected chi connectivity index (χ1v) is 25.4. The lowest BCUT2D eigenvalue weighted by Gasteiger charge is -2.15. The summed E-state index contributed by atoms with van der Waals surface area (Å²) in [5, 5.41) is 12.7. The Hall–Kier alpha value is -2.55. The van der Waals surface area contributed by atoms with Crippen molar-refractivity contribution in [1.82, 2.24) is 5.32 Å². The van der Waals surface area contributed by atoms with Crippen LogP contribution in [0, 0.1) is 0 Å². The highest BCUT2D eigenvalue weighted by molar-refractivity contribution is 7.47. The summed E-state index contributed by atoms with van der Waals surface area (Å²) in [5.74, 6) is -0.542. The lowest BCUT2D eigenvalue weighted by atomic mass is 10.1. The first-order chi connectivity index (χ1) is 29.3. The minimum Gasteiger partial charge on any atom is -0.463 e. The predicted octanol–water partition coefficient (Wildman–Crippen LogP) is 13.8. The fraction of sp³-hybridized carbons (Fsp3) is 0.720. The SMILES string of the molecule is CC/C=C\C/C=C\C/C=C\C/C=C\C/C=C\CCCCCCCC(=O)OCC(O)COP(=O)(O)OCCNC(=O)CCCCCCCCC/C=C\CCCCCCCCC. The van der Waals surface area contributed by atoms with E-state index >= 15 is 0 Å². The standard InChI is InChI=1S/C50H88NO8P/c1-3-5-7-9-11-13-15-17-19-21-23-24-25-27-29-31-33-35-37-39-41-43-50(54)57-46-48(52)47-59-60(55,56)58-45-44-51-49(53)42-40-38-36-34-32-30-28-26-22-20-18-16-14-12-10-8-6-4-2/h5,7,11,13,17,19-20,22-24,27,29,48,52H,3-4,6,8-10,12,14-16,18,21,25-26,28,30-47H2,1-2H3,(H,51,53)(H,55,56)/b7-5-,13-11-,19-17-,22-20-,24-23-,29-27-. The first kappa shape index (κ1) is 57.4. The van der Waals surface area contributed by atoms with Crippen LogP contribution in [0.2, 0.25) is 0 Å². The molecule has 346 valence electrons. The molecule has 10 heteroatoms. The van der Waals surface area contributed by atoms with Crippen molar-refractivity contribution in [3.8, 4) is 0 Å². The van der Waals surface area contributed by atoms with Gasteiger partial charge in [0.15, 0.2) is 0 Å². The van der Waals surface area contributed by atoms with E-state index in [1.807, 2.05) is 0 Å². The van der Waals surface area contributed by atoms with Crippen molar-refractivity contribution in [2.45, 2.75) is 206 Å². The lowest BCUT2D eigenvalue weighted by Crippen LogP contribution is -2.27. The summed E-state index contributed by atoms with van der Waals surface area (Å²) in [5.41, 5.74) is 0. The summed E-state index contributed by atoms with van der Waals surface area (Å²) in [6, 6.07) is 0. The van der Waals surface area contributed by atoms with Gasteiger partial charge in [0.05, 0.1) is 13.2 Å². The van der Waals surface area contributed by atoms with Gasteiger partial charge in [0, 0.05) is 19.4 Å². The van der Waals surface area contributed by atoms with Crippen molar-refractivity contribution in [3.63, 3.8) is 0 Å². The van der Waals surface area contributed by atoms with Crippen LogP contribution in [0.1, 0.15) is 200 Å². The second-order valence-electron chi connectivity index (χ2n) is 15.7. The van der Waals surface area contributed by atoms with Crippen LogP contribution in [0.5, 0.6) is 0 Å². The fourth-order valence-electron chi connectivity index (χ4n) is 6.28. The summed E-state index contributed by atoms with van der Waals surface area (Å²) in [6.07, 6.45) is 56.9. The van der Waals surface area contributed by atoms with E-state index in [0.29, 0.717) is 12.8 Å². The fourth-order valence-corrected chi connectivity index (χ4v) is 7.04. The molecule has 0 saturated carbocycles. The number of aliphatic hydroxyl groups is 1. The molecule has 0 rings (SSSR count). The zero-order valence-corrected chi connectivity index (χ0v) is 39.0. The Balaban J connectivity index is 3.64. The largest absolute Gasteiger partial charge is 0.472 e. The number of nitrogens with one attached hydrogen (secondary N) is 1. The zero-order valence-electron chi connectivity index (χ0n) is 38.1. The maximum Gasteiger partial charge on any atom is 0.472 e. The maximum absolute atomic E-state index is 12.1. The zero-order chi connectivity index (χ0) is 43.9. The van der Waals surface area contributed by atoms with E-state index in [1.165, 1.54) is 83.5 Å². The van der Waals surface area contributed by atoms with E-state index in [9.17, 15) is 24.2 Å². The molecular formula is C50H88NO8P. The van der Waals surface area contributed by atoms with Crippen LogP contribution in [0.4, 0.5) is 0 Å². The number of ether oxygens (including phenoxy) is 1. The summed E-state index contributed by atoms with van der Waals surface area (Å²) in [4.78, 5) is 34.0. The monoisotopic (exact) mass is 862 g/mol. The number of esters is 1. The minimum atomic E-state index is -4.43. The van der Waals surface area contributed by atoms with Crippen molar-refractivity contribution in [1.29, 1.82) is 0 Å². The molecule has 0 aromatic carbocycles. The molecule has 0 aromatic rings. The second kappa shape index (κ2) is 46.0. The van der Waals surface area contributed by atoms with E-state index in [4.69, 9.17) is 13.8 Å². The molecule has 0 fully saturated rings. The minimum absolute atomic E-state index is 0.0741. The van der Waals surface area contributed by atoms with E-state index < -0.39 is 26.5 Å². The summed E-state index contributed by atoms with van der Waals surface area (Å²) >= 11 is 0. The molecule has 0 aromatic heterocycles. The number of rotatable bonds is 44. The molecule has 0 aliphatic rings. The van der Waals surface area contributed by atoms with Gasteiger partial charge in [0.1, 0.15) is 12.7 Å². The van der Waals surface area contributed by atoms with Gasteiger partial charge < -0.3 is 20.1 Å². The third kappa shape index (κ3) is 46.5. The molecule has 0 heterocycles. The Morgan fingerprint density at radius 1 is 0.533 bits per heavy atom. The number of phosphoric ester groups is 1. The van der Waals surface area contributed by atoms with Crippen LogP contribution >= 0.6 is 7.82 Å². The predicted molar refractivity (Wildman–Crippen MR) is 252 cm³/mol. The molecule has 9 nitrogen and oxygen atoms in total. The molecule has 0 radical (unpaired) electrons. The van der Waals surface area contributed by atoms with Gasteiger partial charge in [-0.05, 0) is 83.5 Å². The average molecular weight is 862 g/mol. The van der Waals surface area contributed by atoms with E-state index in [0.717, 1.165) is 83.5 Å². The van der Waals surface area contributed by atoms with Crippen molar-refractivity contribution >= 4 is 19.7 Å². The number of hydrogen-bond acceptors (Lipinski definition) is 7. The number of phosphoric acid groups is 1. The molecule has 2 unspecified atom stereocenters. The Labute approximate surface area is 367 Å². The van der Waals surface area contributed by atoms with Gasteiger partial charge in [0.2, 0.25) is 5.91 Å². The van der Waals surface area contributed by atoms with Crippen molar-refractivity contribution in [3.05, 3.63) is 72.9 Å². The van der Waals surface area contributed by atoms with Crippen LogP contribution in [0.3, 0.4) is 0 Å². The molecule has 3 N–H and O–H groups in total. The van der Waals surface area contributed by atoms with Gasteiger partial charge in [0.25, 0.3) is 0 Å². The molecule has 60 heavy (non-hydrogen) atoms. The number of carbonyl (C=O) groups excluding carboxylic acids is 2. The summed E-state index contributed by atoms with van der Waals surface area (Å²) in [7, 11) is -4.43. The lowest BCUT2D eigenvalue weighted by molar-refractivity contribution is -0.147. The Bertz CT molecular complexity index is 1210. The number of carbonyl (C=O) groups is 2. The Morgan fingerprint density at radius 3 is 1.45 bits per heavy atom. The molecule has 0 bridgehead atoms. The quantitative estimate of drug-likeness (QED) is 0.0239. The highest BCUT2D eigenvalue weighted by Gasteiger charge is 2.23. The first-order valence-electron chi connectivity index (χ1n) is 23.9. The van der Waals surface area contributed by atoms with Crippen LogP contribution in [0.15, 0.2) is 72.9 Å². The average Bonchev–Trinajstić information content (AvgIpc) is 3.23. The molecule has 0 aliphatic carbocycles. The summed E-state index contributed by atoms with van der Waals surface area (Å²) < 4.78 is 26.9. The van der Waals surface area contributed by atoms with Crippen LogP contribution in [-0.4, -0.2) is 54.3 Å². The van der Waals surface area contributed by atoms with E-state index in [-0.39, 0.29) is 32.1 Å². The third-order valence-corrected chi connectivity index (χ3v) is 10.9. The Morgan fingerprint density at radius 2 is 0.950 bits per heavy atom. The molecule has 0 aliphatic heterocycles. The van der Waals surface area contributed by atoms with Gasteiger partial charge in [-0.15, -0.1) is 0 Å². The van der Waals surface area contributed by atoms with E-state index in [1.54, 1.807) is 0 Å². The van der Waals surface area contributed by atoms with Crippen LogP contribution in [-0.2, 0) is 27.9 Å². The maximum atomic E-state index is 12.1. The molecule has 0 spiro atoms. The topological polar surface area (TPSA) is 131 Å². The molecule has 0 saturated heterocycles. The smallest absolute Gasteiger partial charge is 0.463 e. The van der Waals surface area contributed by atoms with Crippen molar-refractivity contribution in [2.24, 2.45) is 0 Å². The van der Waals surface area contributed by atoms with Gasteiger partial charge in [-0.25, -0.2) is 4.57 Å². The number of aliphatic hydroxyl groups excluding tert-OH is 1. The highest BCUT2D eigenvalue weighted by Crippen LogP contribution is 2.42. The normalized spacial score (nSPS) is 13.9. The number of amides is 1. The Kier molecular flexibility index (Phi) is 44.0. The van der Waals surface area contributed by atoms with Crippen LogP contribution in [0.25, 0.3) is 0 Å². The van der Waals surface area contributed by atoms with Gasteiger partial charge in [-0.3, -0.25) is 18.6 Å².